The second-order valence-electron chi connectivity index (χ2n) is 8.72. The largest absolute Gasteiger partial charge is 0.367 e. The fraction of sp³-hybridized carbons (Fsp3) is 0.192. The van der Waals surface area contributed by atoms with Crippen molar-refractivity contribution in [2.24, 2.45) is 0 Å². The van der Waals surface area contributed by atoms with Crippen LogP contribution < -0.4 is 5.32 Å². The van der Waals surface area contributed by atoms with Gasteiger partial charge in [-0.1, -0.05) is 29.8 Å². The topological polar surface area (TPSA) is 78.3 Å². The standard InChI is InChI=1S/C26H22BrClN6O/c27-20-15-30-34-24(14-23(32-25(20)34)19-3-1-2-4-21(19)28)31-18-8-11-33(12-9-18)26(35)17-5-6-22-16(13-17)7-10-29-22/h1-7,10,13-15,18,29,31H,8-9,11-12H2. The van der Waals surface area contributed by atoms with Gasteiger partial charge in [0.15, 0.2) is 5.65 Å². The molecule has 1 fully saturated rings. The Morgan fingerprint density at radius 3 is 2.77 bits per heavy atom. The van der Waals surface area contributed by atoms with E-state index in [4.69, 9.17) is 16.6 Å². The number of H-pyrrole nitrogens is 1. The molecule has 9 heteroatoms. The monoisotopic (exact) mass is 548 g/mol. The minimum absolute atomic E-state index is 0.0786. The van der Waals surface area contributed by atoms with Crippen LogP contribution in [0.2, 0.25) is 5.02 Å². The molecule has 0 spiro atoms. The number of anilines is 1. The van der Waals surface area contributed by atoms with Crippen LogP contribution in [0, 0.1) is 0 Å². The van der Waals surface area contributed by atoms with Crippen molar-refractivity contribution in [2.75, 3.05) is 18.4 Å². The first-order valence-electron chi connectivity index (χ1n) is 11.5. The minimum Gasteiger partial charge on any atom is -0.367 e. The molecule has 1 aliphatic rings. The Hall–Kier alpha value is -3.36. The second-order valence-corrected chi connectivity index (χ2v) is 9.99. The molecule has 1 saturated heterocycles. The number of amides is 1. The zero-order valence-corrected chi connectivity index (χ0v) is 21.1. The van der Waals surface area contributed by atoms with Gasteiger partial charge in [0.2, 0.25) is 0 Å². The lowest BCUT2D eigenvalue weighted by atomic mass is 10.0. The van der Waals surface area contributed by atoms with Crippen molar-refractivity contribution in [3.8, 4) is 11.3 Å². The van der Waals surface area contributed by atoms with Crippen LogP contribution in [-0.4, -0.2) is 49.5 Å². The molecule has 0 radical (unpaired) electrons. The number of carbonyl (C=O) groups excluding carboxylic acids is 1. The number of hydrogen-bond acceptors (Lipinski definition) is 4. The smallest absolute Gasteiger partial charge is 0.253 e. The van der Waals surface area contributed by atoms with Crippen molar-refractivity contribution in [3.05, 3.63) is 82.0 Å². The molecule has 5 aromatic rings. The molecule has 0 aliphatic carbocycles. The van der Waals surface area contributed by atoms with Gasteiger partial charge in [-0.15, -0.1) is 0 Å². The molecule has 1 amide bonds. The molecule has 3 aromatic heterocycles. The maximum absolute atomic E-state index is 13.1. The van der Waals surface area contributed by atoms with E-state index < -0.39 is 0 Å². The molecular formula is C26H22BrClN6O. The maximum atomic E-state index is 13.1. The highest BCUT2D eigenvalue weighted by Crippen LogP contribution is 2.31. The molecule has 0 bridgehead atoms. The summed E-state index contributed by atoms with van der Waals surface area (Å²) in [5.41, 5.74) is 4.13. The van der Waals surface area contributed by atoms with E-state index in [1.807, 2.05) is 65.7 Å². The van der Waals surface area contributed by atoms with Gasteiger partial charge in [-0.2, -0.15) is 9.61 Å². The number of fused-ring (bicyclic) bond motifs is 2. The number of aromatic nitrogens is 4. The number of likely N-dealkylation sites (tertiary alicyclic amines) is 1. The molecule has 4 heterocycles. The van der Waals surface area contributed by atoms with Gasteiger partial charge in [-0.05, 0) is 59.1 Å². The number of carbonyl (C=O) groups is 1. The van der Waals surface area contributed by atoms with Crippen LogP contribution in [0.25, 0.3) is 27.8 Å². The summed E-state index contributed by atoms with van der Waals surface area (Å²) in [6.07, 6.45) is 5.31. The number of nitrogens with zero attached hydrogens (tertiary/aromatic N) is 4. The third kappa shape index (κ3) is 4.17. The van der Waals surface area contributed by atoms with Crippen LogP contribution in [0.4, 0.5) is 5.82 Å². The highest BCUT2D eigenvalue weighted by molar-refractivity contribution is 9.10. The van der Waals surface area contributed by atoms with Gasteiger partial charge >= 0.3 is 0 Å². The first kappa shape index (κ1) is 22.1. The first-order valence-corrected chi connectivity index (χ1v) is 12.7. The van der Waals surface area contributed by atoms with Crippen LogP contribution in [-0.2, 0) is 0 Å². The van der Waals surface area contributed by atoms with Crippen molar-refractivity contribution in [1.82, 2.24) is 24.5 Å². The number of rotatable bonds is 4. The highest BCUT2D eigenvalue weighted by Gasteiger charge is 2.25. The Morgan fingerprint density at radius 2 is 1.94 bits per heavy atom. The summed E-state index contributed by atoms with van der Waals surface area (Å²) < 4.78 is 2.61. The van der Waals surface area contributed by atoms with Gasteiger partial charge in [0, 0.05) is 58.4 Å². The van der Waals surface area contributed by atoms with Crippen molar-refractivity contribution in [1.29, 1.82) is 0 Å². The van der Waals surface area contributed by atoms with Crippen molar-refractivity contribution in [2.45, 2.75) is 18.9 Å². The zero-order chi connectivity index (χ0) is 23.9. The summed E-state index contributed by atoms with van der Waals surface area (Å²) in [7, 11) is 0. The number of benzene rings is 2. The Labute approximate surface area is 215 Å². The van der Waals surface area contributed by atoms with E-state index in [1.54, 1.807) is 10.7 Å². The minimum atomic E-state index is 0.0786. The number of halogens is 2. The molecule has 176 valence electrons. The molecule has 0 saturated carbocycles. The van der Waals surface area contributed by atoms with Crippen LogP contribution >= 0.6 is 27.5 Å². The fourth-order valence-corrected chi connectivity index (χ4v) is 5.23. The van der Waals surface area contributed by atoms with Crippen molar-refractivity contribution >= 4 is 55.8 Å². The number of aromatic amines is 1. The molecular weight excluding hydrogens is 528 g/mol. The van der Waals surface area contributed by atoms with Crippen molar-refractivity contribution < 1.29 is 4.79 Å². The van der Waals surface area contributed by atoms with E-state index in [0.717, 1.165) is 56.5 Å². The lowest BCUT2D eigenvalue weighted by Crippen LogP contribution is -2.42. The summed E-state index contributed by atoms with van der Waals surface area (Å²) in [4.78, 5) is 23.0. The van der Waals surface area contributed by atoms with Gasteiger partial charge in [-0.3, -0.25) is 4.79 Å². The maximum Gasteiger partial charge on any atom is 0.253 e. The molecule has 0 atom stereocenters. The van der Waals surface area contributed by atoms with E-state index in [9.17, 15) is 4.79 Å². The van der Waals surface area contributed by atoms with Crippen LogP contribution in [0.1, 0.15) is 23.2 Å². The average Bonchev–Trinajstić information content (AvgIpc) is 3.50. The first-order chi connectivity index (χ1) is 17.1. The summed E-state index contributed by atoms with van der Waals surface area (Å²) in [6, 6.07) is 17.7. The van der Waals surface area contributed by atoms with Crippen LogP contribution in [0.3, 0.4) is 0 Å². The summed E-state index contributed by atoms with van der Waals surface area (Å²) in [5, 5.41) is 9.83. The third-order valence-corrected chi connectivity index (χ3v) is 7.40. The zero-order valence-electron chi connectivity index (χ0n) is 18.7. The van der Waals surface area contributed by atoms with E-state index in [-0.39, 0.29) is 11.9 Å². The van der Waals surface area contributed by atoms with Gasteiger partial charge in [0.05, 0.1) is 16.4 Å². The molecule has 6 rings (SSSR count). The third-order valence-electron chi connectivity index (χ3n) is 6.51. The lowest BCUT2D eigenvalue weighted by Gasteiger charge is -2.33. The van der Waals surface area contributed by atoms with Crippen LogP contribution in [0.15, 0.2) is 71.5 Å². The quantitative estimate of drug-likeness (QED) is 0.288. The van der Waals surface area contributed by atoms with E-state index in [0.29, 0.717) is 18.1 Å². The Balaban J connectivity index is 1.21. The molecule has 2 aromatic carbocycles. The van der Waals surface area contributed by atoms with E-state index in [2.05, 4.69) is 31.3 Å². The van der Waals surface area contributed by atoms with Crippen LogP contribution in [0.5, 0.6) is 0 Å². The number of piperidine rings is 1. The predicted molar refractivity (Wildman–Crippen MR) is 142 cm³/mol. The molecule has 1 aliphatic heterocycles. The fourth-order valence-electron chi connectivity index (χ4n) is 4.65. The lowest BCUT2D eigenvalue weighted by molar-refractivity contribution is 0.0718. The van der Waals surface area contributed by atoms with Crippen molar-refractivity contribution in [3.63, 3.8) is 0 Å². The summed E-state index contributed by atoms with van der Waals surface area (Å²) in [6.45, 7) is 1.38. The molecule has 7 nitrogen and oxygen atoms in total. The van der Waals surface area contributed by atoms with Gasteiger partial charge in [-0.25, -0.2) is 4.98 Å². The van der Waals surface area contributed by atoms with Gasteiger partial charge in [0.1, 0.15) is 5.82 Å². The Kier molecular flexibility index (Phi) is 5.70. The normalized spacial score (nSPS) is 14.6. The average molecular weight is 550 g/mol. The second kappa shape index (κ2) is 9.02. The SMILES string of the molecule is O=C(c1ccc2[nH]ccc2c1)N1CCC(Nc2cc(-c3ccccc3Cl)nc3c(Br)cnn23)CC1. The molecule has 0 unspecified atom stereocenters. The van der Waals surface area contributed by atoms with Gasteiger partial charge in [0.25, 0.3) is 5.91 Å². The van der Waals surface area contributed by atoms with E-state index in [1.165, 1.54) is 0 Å². The van der Waals surface area contributed by atoms with Gasteiger partial charge < -0.3 is 15.2 Å². The summed E-state index contributed by atoms with van der Waals surface area (Å²) in [5.74, 6) is 0.924. The highest BCUT2D eigenvalue weighted by atomic mass is 79.9. The Morgan fingerprint density at radius 1 is 1.11 bits per heavy atom. The molecule has 35 heavy (non-hydrogen) atoms. The number of nitrogens with one attached hydrogen (secondary N) is 2. The predicted octanol–water partition coefficient (Wildman–Crippen LogP) is 6.01. The summed E-state index contributed by atoms with van der Waals surface area (Å²) >= 11 is 10.0. The molecule has 2 N–H and O–H groups in total. The van der Waals surface area contributed by atoms with E-state index >= 15 is 0 Å². The Bertz CT molecular complexity index is 1550. The number of hydrogen-bond donors (Lipinski definition) is 2.